The number of unbranched alkanes of at least 4 members (excludes halogenated alkanes) is 1. The predicted octanol–water partition coefficient (Wildman–Crippen LogP) is 1.71. The Balaban J connectivity index is 2.58. The maximum absolute atomic E-state index is 12.3. The van der Waals surface area contributed by atoms with E-state index in [1.54, 1.807) is 0 Å². The number of anilines is 1. The van der Waals surface area contributed by atoms with Crippen LogP contribution in [0.1, 0.15) is 43.4 Å². The van der Waals surface area contributed by atoms with Crippen LogP contribution >= 0.6 is 0 Å². The highest BCUT2D eigenvalue weighted by atomic mass is 16.2. The molecular formula is C20H34N3O2+. The lowest BCUT2D eigenvalue weighted by Gasteiger charge is -2.22. The first-order valence-corrected chi connectivity index (χ1v) is 9.25. The van der Waals surface area contributed by atoms with Gasteiger partial charge < -0.3 is 15.1 Å². The standard InChI is InChI=1S/C20H33N3O2/c1-7-9-10-23(8-2)19(25)14-22(6)13-18(24)21-20-16(4)11-15(3)12-17(20)5/h11-12H,7-10,13-14H2,1-6H3,(H,21,24)/p+1. The van der Waals surface area contributed by atoms with E-state index >= 15 is 0 Å². The normalized spacial score (nSPS) is 11.9. The van der Waals surface area contributed by atoms with Gasteiger partial charge in [-0.25, -0.2) is 0 Å². The zero-order chi connectivity index (χ0) is 19.0. The molecule has 0 fully saturated rings. The highest BCUT2D eigenvalue weighted by Crippen LogP contribution is 2.21. The van der Waals surface area contributed by atoms with Crippen LogP contribution in [0.2, 0.25) is 0 Å². The predicted molar refractivity (Wildman–Crippen MR) is 103 cm³/mol. The number of hydrogen-bond donors (Lipinski definition) is 2. The van der Waals surface area contributed by atoms with Crippen LogP contribution in [0.4, 0.5) is 5.69 Å². The van der Waals surface area contributed by atoms with Gasteiger partial charge in [0.25, 0.3) is 11.8 Å². The van der Waals surface area contributed by atoms with E-state index in [0.717, 1.165) is 47.6 Å². The molecule has 2 N–H and O–H groups in total. The fourth-order valence-electron chi connectivity index (χ4n) is 3.08. The van der Waals surface area contributed by atoms with Gasteiger partial charge in [-0.05, 0) is 45.2 Å². The minimum absolute atomic E-state index is 0.0584. The van der Waals surface area contributed by atoms with Crippen LogP contribution in [0.5, 0.6) is 0 Å². The molecule has 0 saturated carbocycles. The molecule has 1 aromatic rings. The number of nitrogens with zero attached hydrogens (tertiary/aromatic N) is 1. The minimum atomic E-state index is -0.0584. The number of carbonyl (C=O) groups excluding carboxylic acids is 2. The molecule has 1 aromatic carbocycles. The first-order valence-electron chi connectivity index (χ1n) is 9.25. The third-order valence-electron chi connectivity index (χ3n) is 4.37. The fraction of sp³-hybridized carbons (Fsp3) is 0.600. The molecule has 25 heavy (non-hydrogen) atoms. The van der Waals surface area contributed by atoms with E-state index in [4.69, 9.17) is 0 Å². The number of nitrogens with one attached hydrogen (secondary N) is 2. The van der Waals surface area contributed by atoms with E-state index in [0.29, 0.717) is 6.54 Å². The summed E-state index contributed by atoms with van der Waals surface area (Å²) in [7, 11) is 1.89. The Kier molecular flexibility index (Phi) is 8.62. The molecule has 0 aliphatic carbocycles. The first kappa shape index (κ1) is 21.2. The summed E-state index contributed by atoms with van der Waals surface area (Å²) in [5, 5.41) is 3.00. The summed E-state index contributed by atoms with van der Waals surface area (Å²) in [5.74, 6) is 0.0564. The smallest absolute Gasteiger partial charge is 0.279 e. The molecule has 1 atom stereocenters. The molecule has 1 rings (SSSR count). The third kappa shape index (κ3) is 6.86. The van der Waals surface area contributed by atoms with E-state index in [1.165, 1.54) is 5.56 Å². The number of rotatable bonds is 9. The second kappa shape index (κ2) is 10.2. The topological polar surface area (TPSA) is 53.9 Å². The molecular weight excluding hydrogens is 314 g/mol. The fourth-order valence-corrected chi connectivity index (χ4v) is 3.08. The van der Waals surface area contributed by atoms with Crippen molar-refractivity contribution < 1.29 is 14.5 Å². The average Bonchev–Trinajstić information content (AvgIpc) is 2.51. The molecule has 0 aromatic heterocycles. The summed E-state index contributed by atoms with van der Waals surface area (Å²) in [6.07, 6.45) is 2.09. The van der Waals surface area contributed by atoms with Crippen molar-refractivity contribution in [3.05, 3.63) is 28.8 Å². The van der Waals surface area contributed by atoms with Crippen LogP contribution < -0.4 is 10.2 Å². The molecule has 0 spiro atoms. The number of likely N-dealkylation sites (N-methyl/N-ethyl adjacent to an activating group) is 2. The second-order valence-electron chi connectivity index (χ2n) is 6.96. The van der Waals surface area contributed by atoms with Gasteiger partial charge >= 0.3 is 0 Å². The number of aryl methyl sites for hydroxylation is 3. The molecule has 0 aliphatic rings. The van der Waals surface area contributed by atoms with Crippen molar-refractivity contribution in [3.8, 4) is 0 Å². The lowest BCUT2D eigenvalue weighted by Crippen LogP contribution is -3.11. The molecule has 5 heteroatoms. The van der Waals surface area contributed by atoms with Crippen molar-refractivity contribution in [1.29, 1.82) is 0 Å². The van der Waals surface area contributed by atoms with Gasteiger partial charge in [0.2, 0.25) is 0 Å². The van der Waals surface area contributed by atoms with Gasteiger partial charge in [0.1, 0.15) is 0 Å². The van der Waals surface area contributed by atoms with Gasteiger partial charge in [0, 0.05) is 18.8 Å². The maximum Gasteiger partial charge on any atom is 0.279 e. The first-order chi connectivity index (χ1) is 11.8. The van der Waals surface area contributed by atoms with Crippen LogP contribution in [0, 0.1) is 20.8 Å². The van der Waals surface area contributed by atoms with Crippen LogP contribution in [-0.2, 0) is 9.59 Å². The van der Waals surface area contributed by atoms with Crippen molar-refractivity contribution in [3.63, 3.8) is 0 Å². The third-order valence-corrected chi connectivity index (χ3v) is 4.37. The molecule has 0 saturated heterocycles. The van der Waals surface area contributed by atoms with Crippen LogP contribution in [0.25, 0.3) is 0 Å². The van der Waals surface area contributed by atoms with Crippen LogP contribution in [-0.4, -0.2) is 49.9 Å². The highest BCUT2D eigenvalue weighted by Gasteiger charge is 2.19. The summed E-state index contributed by atoms with van der Waals surface area (Å²) in [6.45, 7) is 12.3. The number of hydrogen-bond acceptors (Lipinski definition) is 2. The van der Waals surface area contributed by atoms with Gasteiger partial charge in [-0.2, -0.15) is 0 Å². The number of quaternary nitrogens is 1. The van der Waals surface area contributed by atoms with Gasteiger partial charge in [0.05, 0.1) is 7.05 Å². The second-order valence-corrected chi connectivity index (χ2v) is 6.96. The van der Waals surface area contributed by atoms with E-state index in [-0.39, 0.29) is 18.4 Å². The van der Waals surface area contributed by atoms with E-state index in [1.807, 2.05) is 39.6 Å². The Morgan fingerprint density at radius 2 is 1.68 bits per heavy atom. The summed E-state index contributed by atoms with van der Waals surface area (Å²) in [5.41, 5.74) is 4.20. The molecule has 0 heterocycles. The van der Waals surface area contributed by atoms with Crippen LogP contribution in [0.3, 0.4) is 0 Å². The van der Waals surface area contributed by atoms with Gasteiger partial charge in [0.15, 0.2) is 13.1 Å². The number of carbonyl (C=O) groups is 2. The minimum Gasteiger partial charge on any atom is -0.338 e. The van der Waals surface area contributed by atoms with E-state index in [2.05, 4.69) is 24.4 Å². The average molecular weight is 349 g/mol. The van der Waals surface area contributed by atoms with Crippen molar-refractivity contribution in [1.82, 2.24) is 4.90 Å². The Labute approximate surface area is 152 Å². The lowest BCUT2D eigenvalue weighted by molar-refractivity contribution is -0.862. The Bertz CT molecular complexity index is 576. The van der Waals surface area contributed by atoms with Gasteiger partial charge in [-0.3, -0.25) is 9.59 Å². The van der Waals surface area contributed by atoms with Crippen molar-refractivity contribution in [2.45, 2.75) is 47.5 Å². The summed E-state index contributed by atoms with van der Waals surface area (Å²) in [4.78, 5) is 27.5. The van der Waals surface area contributed by atoms with E-state index in [9.17, 15) is 9.59 Å². The quantitative estimate of drug-likeness (QED) is 0.714. The Morgan fingerprint density at radius 3 is 2.20 bits per heavy atom. The molecule has 0 bridgehead atoms. The number of benzene rings is 1. The zero-order valence-electron chi connectivity index (χ0n) is 16.7. The van der Waals surface area contributed by atoms with Gasteiger partial charge in [-0.1, -0.05) is 31.0 Å². The Hall–Kier alpha value is -1.88. The monoisotopic (exact) mass is 348 g/mol. The summed E-state index contributed by atoms with van der Waals surface area (Å²) < 4.78 is 0. The van der Waals surface area contributed by atoms with Crippen molar-refractivity contribution in [2.24, 2.45) is 0 Å². The van der Waals surface area contributed by atoms with Crippen molar-refractivity contribution in [2.75, 3.05) is 38.5 Å². The maximum atomic E-state index is 12.3. The molecule has 1 unspecified atom stereocenters. The largest absolute Gasteiger partial charge is 0.338 e. The van der Waals surface area contributed by atoms with Crippen LogP contribution in [0.15, 0.2) is 12.1 Å². The highest BCUT2D eigenvalue weighted by molar-refractivity contribution is 5.93. The Morgan fingerprint density at radius 1 is 1.08 bits per heavy atom. The molecule has 0 radical (unpaired) electrons. The van der Waals surface area contributed by atoms with E-state index < -0.39 is 0 Å². The summed E-state index contributed by atoms with van der Waals surface area (Å²) in [6, 6.07) is 4.13. The lowest BCUT2D eigenvalue weighted by atomic mass is 10.1. The SMILES string of the molecule is CCCCN(CC)C(=O)C[NH+](C)CC(=O)Nc1c(C)cc(C)cc1C. The van der Waals surface area contributed by atoms with Gasteiger partial charge in [-0.15, -0.1) is 0 Å². The summed E-state index contributed by atoms with van der Waals surface area (Å²) >= 11 is 0. The molecule has 5 nitrogen and oxygen atoms in total. The zero-order valence-corrected chi connectivity index (χ0v) is 16.7. The number of amides is 2. The molecule has 0 aliphatic heterocycles. The molecule has 2 amide bonds. The molecule has 140 valence electrons. The van der Waals surface area contributed by atoms with Crippen molar-refractivity contribution >= 4 is 17.5 Å².